The van der Waals surface area contributed by atoms with Crippen LogP contribution in [0.3, 0.4) is 0 Å². The van der Waals surface area contributed by atoms with Crippen LogP contribution < -0.4 is 5.32 Å². The van der Waals surface area contributed by atoms with Gasteiger partial charge in [-0.2, -0.15) is 0 Å². The maximum atomic E-state index is 12.4. The van der Waals surface area contributed by atoms with Crippen molar-refractivity contribution >= 4 is 11.9 Å². The molecule has 1 aliphatic rings. The molecule has 0 radical (unpaired) electrons. The summed E-state index contributed by atoms with van der Waals surface area (Å²) in [5.74, 6) is -0.943. The van der Waals surface area contributed by atoms with Gasteiger partial charge in [0.15, 0.2) is 0 Å². The summed E-state index contributed by atoms with van der Waals surface area (Å²) in [7, 11) is 0. The smallest absolute Gasteiger partial charge is 0.312 e. The largest absolute Gasteiger partial charge is 0.481 e. The lowest BCUT2D eigenvalue weighted by atomic mass is 9.91. The van der Waals surface area contributed by atoms with E-state index in [1.165, 1.54) is 5.56 Å². The summed E-state index contributed by atoms with van der Waals surface area (Å²) in [6, 6.07) is 19.6. The first-order valence-electron chi connectivity index (χ1n) is 10.4. The molecule has 1 unspecified atom stereocenters. The molecule has 0 saturated carbocycles. The summed E-state index contributed by atoms with van der Waals surface area (Å²) in [4.78, 5) is 26.3. The molecule has 0 aromatic heterocycles. The van der Waals surface area contributed by atoms with E-state index in [-0.39, 0.29) is 17.9 Å². The molecule has 2 aromatic carbocycles. The van der Waals surface area contributed by atoms with E-state index in [0.29, 0.717) is 13.0 Å². The number of rotatable bonds is 8. The van der Waals surface area contributed by atoms with Crippen LogP contribution in [0.25, 0.3) is 0 Å². The van der Waals surface area contributed by atoms with Gasteiger partial charge in [0.1, 0.15) is 0 Å². The third kappa shape index (κ3) is 6.16. The normalized spacial score (nSPS) is 20.7. The molecule has 154 valence electrons. The van der Waals surface area contributed by atoms with E-state index < -0.39 is 11.9 Å². The number of likely N-dealkylation sites (tertiary alicyclic amines) is 1. The van der Waals surface area contributed by atoms with E-state index in [1.807, 2.05) is 60.7 Å². The summed E-state index contributed by atoms with van der Waals surface area (Å²) < 4.78 is 0. The topological polar surface area (TPSA) is 69.6 Å². The molecule has 1 heterocycles. The van der Waals surface area contributed by atoms with Gasteiger partial charge in [-0.15, -0.1) is 0 Å². The van der Waals surface area contributed by atoms with Crippen molar-refractivity contribution in [1.29, 1.82) is 0 Å². The lowest BCUT2D eigenvalue weighted by molar-refractivity contribution is -0.139. The first kappa shape index (κ1) is 21.1. The molecule has 29 heavy (non-hydrogen) atoms. The zero-order valence-electron chi connectivity index (χ0n) is 17.0. The van der Waals surface area contributed by atoms with Gasteiger partial charge >= 0.3 is 5.97 Å². The number of carboxylic acid groups (broad SMARTS) is 1. The quantitative estimate of drug-likeness (QED) is 0.721. The standard InChI is InChI=1S/C24H30N2O3/c1-18-16-26(17-21(24(28)29)20-10-6-3-7-11-20)15-14-22(18)25-23(27)13-12-19-8-4-2-5-9-19/h2-11,18,21-22H,12-17H2,1H3,(H,25,27)(H,28,29)/t18-,21?,22-/m1/s1. The lowest BCUT2D eigenvalue weighted by Gasteiger charge is -2.38. The first-order valence-corrected chi connectivity index (χ1v) is 10.4. The molecule has 0 bridgehead atoms. The van der Waals surface area contributed by atoms with Gasteiger partial charge < -0.3 is 15.3 Å². The van der Waals surface area contributed by atoms with Crippen LogP contribution in [-0.4, -0.2) is 47.6 Å². The Bertz CT molecular complexity index is 794. The fraction of sp³-hybridized carbons (Fsp3) is 0.417. The Balaban J connectivity index is 1.48. The van der Waals surface area contributed by atoms with Crippen molar-refractivity contribution in [3.63, 3.8) is 0 Å². The number of amides is 1. The minimum atomic E-state index is -0.791. The summed E-state index contributed by atoms with van der Waals surface area (Å²) in [6.07, 6.45) is 2.09. The maximum Gasteiger partial charge on any atom is 0.312 e. The van der Waals surface area contributed by atoms with Gasteiger partial charge in [0.2, 0.25) is 5.91 Å². The van der Waals surface area contributed by atoms with E-state index in [2.05, 4.69) is 17.1 Å². The third-order valence-electron chi connectivity index (χ3n) is 5.76. The Morgan fingerprint density at radius 2 is 1.76 bits per heavy atom. The minimum Gasteiger partial charge on any atom is -0.481 e. The van der Waals surface area contributed by atoms with Crippen molar-refractivity contribution in [2.24, 2.45) is 5.92 Å². The number of hydrogen-bond donors (Lipinski definition) is 2. The van der Waals surface area contributed by atoms with E-state index >= 15 is 0 Å². The Morgan fingerprint density at radius 1 is 1.10 bits per heavy atom. The molecule has 0 spiro atoms. The van der Waals surface area contributed by atoms with Gasteiger partial charge in [-0.3, -0.25) is 9.59 Å². The van der Waals surface area contributed by atoms with Gasteiger partial charge in [-0.25, -0.2) is 0 Å². The van der Waals surface area contributed by atoms with E-state index in [0.717, 1.165) is 31.5 Å². The number of aryl methyl sites for hydroxylation is 1. The van der Waals surface area contributed by atoms with Gasteiger partial charge in [-0.1, -0.05) is 67.6 Å². The van der Waals surface area contributed by atoms with E-state index in [1.54, 1.807) is 0 Å². The highest BCUT2D eigenvalue weighted by molar-refractivity contribution is 5.77. The molecular weight excluding hydrogens is 364 g/mol. The number of hydrogen-bond acceptors (Lipinski definition) is 3. The van der Waals surface area contributed by atoms with Crippen LogP contribution in [0.5, 0.6) is 0 Å². The van der Waals surface area contributed by atoms with Crippen LogP contribution in [-0.2, 0) is 16.0 Å². The van der Waals surface area contributed by atoms with Crippen LogP contribution in [0.2, 0.25) is 0 Å². The average Bonchev–Trinajstić information content (AvgIpc) is 2.73. The second kappa shape index (κ2) is 10.2. The van der Waals surface area contributed by atoms with Crippen LogP contribution in [0.15, 0.2) is 60.7 Å². The molecule has 5 nitrogen and oxygen atoms in total. The van der Waals surface area contributed by atoms with Crippen LogP contribution in [0.1, 0.15) is 36.8 Å². The highest BCUT2D eigenvalue weighted by Crippen LogP contribution is 2.22. The van der Waals surface area contributed by atoms with Crippen molar-refractivity contribution in [2.45, 2.75) is 38.1 Å². The van der Waals surface area contributed by atoms with Gasteiger partial charge in [0.25, 0.3) is 0 Å². The number of nitrogens with one attached hydrogen (secondary N) is 1. The molecule has 5 heteroatoms. The monoisotopic (exact) mass is 394 g/mol. The maximum absolute atomic E-state index is 12.4. The summed E-state index contributed by atoms with van der Waals surface area (Å²) in [6.45, 7) is 4.22. The molecule has 1 saturated heterocycles. The molecule has 3 rings (SSSR count). The number of aliphatic carboxylic acids is 1. The fourth-order valence-corrected chi connectivity index (χ4v) is 4.06. The minimum absolute atomic E-state index is 0.0897. The van der Waals surface area contributed by atoms with Crippen molar-refractivity contribution in [3.05, 3.63) is 71.8 Å². The average molecular weight is 395 g/mol. The van der Waals surface area contributed by atoms with Crippen molar-refractivity contribution < 1.29 is 14.7 Å². The molecule has 1 fully saturated rings. The Kier molecular flexibility index (Phi) is 7.42. The number of benzene rings is 2. The van der Waals surface area contributed by atoms with Crippen LogP contribution in [0.4, 0.5) is 0 Å². The summed E-state index contributed by atoms with van der Waals surface area (Å²) in [5.41, 5.74) is 2.01. The molecule has 1 aliphatic heterocycles. The highest BCUT2D eigenvalue weighted by atomic mass is 16.4. The van der Waals surface area contributed by atoms with E-state index in [9.17, 15) is 14.7 Å². The molecule has 0 aliphatic carbocycles. The molecular formula is C24H30N2O3. The molecule has 2 aromatic rings. The second-order valence-electron chi connectivity index (χ2n) is 7.99. The van der Waals surface area contributed by atoms with Crippen molar-refractivity contribution in [1.82, 2.24) is 10.2 Å². The predicted octanol–water partition coefficient (Wildman–Crippen LogP) is 3.31. The Labute approximate surface area is 172 Å². The summed E-state index contributed by atoms with van der Waals surface area (Å²) in [5, 5.41) is 12.8. The molecule has 2 N–H and O–H groups in total. The predicted molar refractivity (Wildman–Crippen MR) is 114 cm³/mol. The number of carboxylic acids is 1. The summed E-state index contributed by atoms with van der Waals surface area (Å²) >= 11 is 0. The van der Waals surface area contributed by atoms with Gasteiger partial charge in [-0.05, 0) is 29.9 Å². The SMILES string of the molecule is C[C@@H]1CN(CC(C(=O)O)c2ccccc2)CC[C@H]1NC(=O)CCc1ccccc1. The van der Waals surface area contributed by atoms with Gasteiger partial charge in [0, 0.05) is 32.1 Å². The number of piperidine rings is 1. The fourth-order valence-electron chi connectivity index (χ4n) is 4.06. The zero-order chi connectivity index (χ0) is 20.6. The highest BCUT2D eigenvalue weighted by Gasteiger charge is 2.30. The second-order valence-corrected chi connectivity index (χ2v) is 7.99. The number of carbonyl (C=O) groups excluding carboxylic acids is 1. The van der Waals surface area contributed by atoms with Crippen molar-refractivity contribution in [3.8, 4) is 0 Å². The Morgan fingerprint density at radius 3 is 2.38 bits per heavy atom. The van der Waals surface area contributed by atoms with E-state index in [4.69, 9.17) is 0 Å². The lowest BCUT2D eigenvalue weighted by Crippen LogP contribution is -2.51. The zero-order valence-corrected chi connectivity index (χ0v) is 17.0. The number of nitrogens with zero attached hydrogens (tertiary/aromatic N) is 1. The Hall–Kier alpha value is -2.66. The van der Waals surface area contributed by atoms with Crippen LogP contribution >= 0.6 is 0 Å². The molecule has 1 amide bonds. The van der Waals surface area contributed by atoms with Gasteiger partial charge in [0.05, 0.1) is 5.92 Å². The number of carbonyl (C=O) groups is 2. The van der Waals surface area contributed by atoms with Crippen LogP contribution in [0, 0.1) is 5.92 Å². The van der Waals surface area contributed by atoms with Crippen molar-refractivity contribution in [2.75, 3.05) is 19.6 Å². The molecule has 3 atom stereocenters. The first-order chi connectivity index (χ1) is 14.0. The third-order valence-corrected chi connectivity index (χ3v) is 5.76.